The molecule has 0 radical (unpaired) electrons. The number of benzene rings is 2. The molecule has 26 heavy (non-hydrogen) atoms. The lowest BCUT2D eigenvalue weighted by Crippen LogP contribution is -2.30. The maximum atomic E-state index is 13.2. The van der Waals surface area contributed by atoms with Gasteiger partial charge in [-0.15, -0.1) is 0 Å². The standard InChI is InChI=1S/C21H18ClNO3/c1-2-3-11-23-18(13-7-6-8-14(22)12-13)17-19(24)15-9-4-5-10-16(15)26-20(17)21(23)25/h4-10,12,18H,2-3,11H2,1H3/t18-/m1/s1. The molecule has 1 aromatic heterocycles. The molecule has 1 aliphatic heterocycles. The van der Waals surface area contributed by atoms with Gasteiger partial charge < -0.3 is 9.32 Å². The van der Waals surface area contributed by atoms with Crippen molar-refractivity contribution in [1.82, 2.24) is 4.90 Å². The summed E-state index contributed by atoms with van der Waals surface area (Å²) < 4.78 is 5.87. The Morgan fingerprint density at radius 2 is 1.92 bits per heavy atom. The first kappa shape index (κ1) is 16.9. The van der Waals surface area contributed by atoms with Crippen LogP contribution >= 0.6 is 11.6 Å². The topological polar surface area (TPSA) is 50.5 Å². The van der Waals surface area contributed by atoms with Crippen LogP contribution in [0, 0.1) is 0 Å². The van der Waals surface area contributed by atoms with Gasteiger partial charge >= 0.3 is 0 Å². The second-order valence-electron chi connectivity index (χ2n) is 6.48. The van der Waals surface area contributed by atoms with Crippen molar-refractivity contribution in [1.29, 1.82) is 0 Å². The molecule has 5 heteroatoms. The molecular weight excluding hydrogens is 350 g/mol. The molecule has 1 atom stereocenters. The minimum absolute atomic E-state index is 0.148. The zero-order valence-corrected chi connectivity index (χ0v) is 15.1. The Bertz CT molecular complexity index is 1060. The van der Waals surface area contributed by atoms with Gasteiger partial charge in [-0.2, -0.15) is 0 Å². The third-order valence-corrected chi connectivity index (χ3v) is 5.03. The van der Waals surface area contributed by atoms with E-state index < -0.39 is 6.04 Å². The number of carbonyl (C=O) groups excluding carboxylic acids is 1. The molecule has 0 bridgehead atoms. The number of nitrogens with zero attached hydrogens (tertiary/aromatic N) is 1. The van der Waals surface area contributed by atoms with Gasteiger partial charge in [0.05, 0.1) is 17.0 Å². The molecule has 2 aromatic carbocycles. The van der Waals surface area contributed by atoms with Gasteiger partial charge in [-0.05, 0) is 36.2 Å². The monoisotopic (exact) mass is 367 g/mol. The molecule has 0 saturated carbocycles. The van der Waals surface area contributed by atoms with Gasteiger partial charge in [0.25, 0.3) is 5.91 Å². The molecule has 0 saturated heterocycles. The summed E-state index contributed by atoms with van der Waals surface area (Å²) in [5.41, 5.74) is 1.52. The van der Waals surface area contributed by atoms with Crippen LogP contribution in [0.5, 0.6) is 0 Å². The third kappa shape index (κ3) is 2.61. The molecule has 4 rings (SSSR count). The maximum absolute atomic E-state index is 13.2. The van der Waals surface area contributed by atoms with Crippen molar-refractivity contribution in [2.45, 2.75) is 25.8 Å². The minimum Gasteiger partial charge on any atom is -0.450 e. The van der Waals surface area contributed by atoms with Crippen molar-refractivity contribution in [3.05, 3.63) is 80.7 Å². The van der Waals surface area contributed by atoms with Crippen molar-refractivity contribution < 1.29 is 9.21 Å². The third-order valence-electron chi connectivity index (χ3n) is 4.79. The number of hydrogen-bond donors (Lipinski definition) is 0. The highest BCUT2D eigenvalue weighted by Gasteiger charge is 2.42. The van der Waals surface area contributed by atoms with Gasteiger partial charge in [0.2, 0.25) is 5.76 Å². The Kier molecular flexibility index (Phi) is 4.29. The average Bonchev–Trinajstić information content (AvgIpc) is 2.93. The first-order valence-corrected chi connectivity index (χ1v) is 9.11. The SMILES string of the molecule is CCCCN1C(=O)c2oc3ccccc3c(=O)c2[C@H]1c1cccc(Cl)c1. The fourth-order valence-electron chi connectivity index (χ4n) is 3.55. The second kappa shape index (κ2) is 6.61. The van der Waals surface area contributed by atoms with E-state index in [-0.39, 0.29) is 17.1 Å². The van der Waals surface area contributed by atoms with Crippen LogP contribution in [0.1, 0.15) is 47.5 Å². The summed E-state index contributed by atoms with van der Waals surface area (Å²) in [6.45, 7) is 2.63. The Balaban J connectivity index is 1.97. The molecule has 0 N–H and O–H groups in total. The van der Waals surface area contributed by atoms with E-state index in [4.69, 9.17) is 16.0 Å². The summed E-state index contributed by atoms with van der Waals surface area (Å²) in [7, 11) is 0. The van der Waals surface area contributed by atoms with Crippen LogP contribution in [0.4, 0.5) is 0 Å². The minimum atomic E-state index is -0.469. The predicted octanol–water partition coefficient (Wildman–Crippen LogP) is 4.79. The van der Waals surface area contributed by atoms with E-state index in [1.807, 2.05) is 18.2 Å². The van der Waals surface area contributed by atoms with Gasteiger partial charge in [0.1, 0.15) is 5.58 Å². The van der Waals surface area contributed by atoms with Crippen molar-refractivity contribution in [2.75, 3.05) is 6.54 Å². The van der Waals surface area contributed by atoms with Gasteiger partial charge in [-0.1, -0.05) is 49.2 Å². The van der Waals surface area contributed by atoms with Crippen LogP contribution in [0.2, 0.25) is 5.02 Å². The highest BCUT2D eigenvalue weighted by atomic mass is 35.5. The van der Waals surface area contributed by atoms with E-state index in [0.717, 1.165) is 18.4 Å². The van der Waals surface area contributed by atoms with Crippen LogP contribution in [-0.4, -0.2) is 17.4 Å². The van der Waals surface area contributed by atoms with Gasteiger partial charge in [-0.25, -0.2) is 0 Å². The molecule has 4 nitrogen and oxygen atoms in total. The fourth-order valence-corrected chi connectivity index (χ4v) is 3.75. The first-order valence-electron chi connectivity index (χ1n) is 8.74. The normalized spacial score (nSPS) is 16.3. The number of halogens is 1. The summed E-state index contributed by atoms with van der Waals surface area (Å²) in [6.07, 6.45) is 1.80. The van der Waals surface area contributed by atoms with Gasteiger partial charge in [0, 0.05) is 11.6 Å². The number of carbonyl (C=O) groups is 1. The Hall–Kier alpha value is -2.59. The number of fused-ring (bicyclic) bond motifs is 2. The van der Waals surface area contributed by atoms with Crippen LogP contribution in [0.3, 0.4) is 0 Å². The average molecular weight is 368 g/mol. The van der Waals surface area contributed by atoms with Crippen molar-refractivity contribution in [3.63, 3.8) is 0 Å². The number of unbranched alkanes of at least 4 members (excludes halogenated alkanes) is 1. The molecule has 2 heterocycles. The lowest BCUT2D eigenvalue weighted by Gasteiger charge is -2.25. The first-order chi connectivity index (χ1) is 12.6. The van der Waals surface area contributed by atoms with Crippen LogP contribution in [-0.2, 0) is 0 Å². The number of rotatable bonds is 4. The van der Waals surface area contributed by atoms with Gasteiger partial charge in [-0.3, -0.25) is 9.59 Å². The highest BCUT2D eigenvalue weighted by Crippen LogP contribution is 2.38. The molecule has 132 valence electrons. The largest absolute Gasteiger partial charge is 0.450 e. The van der Waals surface area contributed by atoms with Crippen molar-refractivity contribution in [3.8, 4) is 0 Å². The maximum Gasteiger partial charge on any atom is 0.290 e. The van der Waals surface area contributed by atoms with E-state index in [2.05, 4.69) is 6.92 Å². The lowest BCUT2D eigenvalue weighted by atomic mass is 9.98. The summed E-state index contributed by atoms with van der Waals surface area (Å²) >= 11 is 6.17. The van der Waals surface area contributed by atoms with E-state index in [0.29, 0.717) is 28.1 Å². The number of para-hydroxylation sites is 1. The summed E-state index contributed by atoms with van der Waals surface area (Å²) in [6, 6.07) is 13.9. The quantitative estimate of drug-likeness (QED) is 0.666. The van der Waals surface area contributed by atoms with Gasteiger partial charge in [0.15, 0.2) is 5.43 Å². The van der Waals surface area contributed by atoms with E-state index in [1.54, 1.807) is 35.2 Å². The second-order valence-corrected chi connectivity index (χ2v) is 6.92. The summed E-state index contributed by atoms with van der Waals surface area (Å²) in [5.74, 6) is -0.0870. The van der Waals surface area contributed by atoms with E-state index >= 15 is 0 Å². The highest BCUT2D eigenvalue weighted by molar-refractivity contribution is 6.30. The van der Waals surface area contributed by atoms with Crippen molar-refractivity contribution in [2.24, 2.45) is 0 Å². The van der Waals surface area contributed by atoms with Crippen LogP contribution < -0.4 is 5.43 Å². The fraction of sp³-hybridized carbons (Fsp3) is 0.238. The molecule has 1 aliphatic rings. The Morgan fingerprint density at radius 1 is 1.12 bits per heavy atom. The number of amides is 1. The summed E-state index contributed by atoms with van der Waals surface area (Å²) in [5, 5.41) is 1.06. The van der Waals surface area contributed by atoms with E-state index in [1.165, 1.54) is 0 Å². The lowest BCUT2D eigenvalue weighted by molar-refractivity contribution is 0.0725. The van der Waals surface area contributed by atoms with Crippen LogP contribution in [0.15, 0.2) is 57.7 Å². The molecule has 0 unspecified atom stereocenters. The number of hydrogen-bond acceptors (Lipinski definition) is 3. The zero-order valence-electron chi connectivity index (χ0n) is 14.4. The molecule has 0 spiro atoms. The Labute approximate surface area is 156 Å². The molecular formula is C21H18ClNO3. The molecule has 1 amide bonds. The molecule has 0 fully saturated rings. The predicted molar refractivity (Wildman–Crippen MR) is 102 cm³/mol. The molecule has 3 aromatic rings. The van der Waals surface area contributed by atoms with E-state index in [9.17, 15) is 9.59 Å². The zero-order chi connectivity index (χ0) is 18.3. The smallest absolute Gasteiger partial charge is 0.290 e. The Morgan fingerprint density at radius 3 is 2.69 bits per heavy atom. The van der Waals surface area contributed by atoms with Crippen molar-refractivity contribution >= 4 is 28.5 Å². The van der Waals surface area contributed by atoms with Crippen LogP contribution in [0.25, 0.3) is 11.0 Å². The molecule has 0 aliphatic carbocycles. The summed E-state index contributed by atoms with van der Waals surface area (Å²) in [4.78, 5) is 27.9.